The molecule has 0 aliphatic carbocycles. The third-order valence-electron chi connectivity index (χ3n) is 5.61. The van der Waals surface area contributed by atoms with Crippen molar-refractivity contribution in [2.45, 2.75) is 31.8 Å². The third kappa shape index (κ3) is 8.57. The first-order valence-corrected chi connectivity index (χ1v) is 11.8. The number of rotatable bonds is 14. The fourth-order valence-electron chi connectivity index (χ4n) is 3.81. The molecule has 2 aromatic carbocycles. The minimum atomic E-state index is -1.73. The molecule has 0 aliphatic rings. The second-order valence-electron chi connectivity index (χ2n) is 8.74. The highest BCUT2D eigenvalue weighted by Crippen LogP contribution is 2.42. The summed E-state index contributed by atoms with van der Waals surface area (Å²) in [7, 11) is 5.68. The van der Waals surface area contributed by atoms with E-state index in [1.807, 2.05) is 6.08 Å². The molecule has 1 unspecified atom stereocenters. The van der Waals surface area contributed by atoms with Crippen LogP contribution in [0.25, 0.3) is 12.2 Å². The molecule has 212 valence electrons. The zero-order valence-corrected chi connectivity index (χ0v) is 22.5. The summed E-state index contributed by atoms with van der Waals surface area (Å²) < 4.78 is 26.2. The van der Waals surface area contributed by atoms with Crippen molar-refractivity contribution in [2.75, 3.05) is 35.0 Å². The second kappa shape index (κ2) is 14.0. The van der Waals surface area contributed by atoms with E-state index >= 15 is 0 Å². The molecule has 2 aromatic rings. The summed E-state index contributed by atoms with van der Waals surface area (Å²) in [4.78, 5) is 22.8. The van der Waals surface area contributed by atoms with Crippen LogP contribution in [0.15, 0.2) is 30.4 Å². The number of hydrogen-bond acceptors (Lipinski definition) is 10. The molecule has 0 bridgehead atoms. The smallest absolute Gasteiger partial charge is 0.309 e. The molecule has 0 fully saturated rings. The lowest BCUT2D eigenvalue weighted by atomic mass is 9.98. The van der Waals surface area contributed by atoms with Crippen molar-refractivity contribution in [1.82, 2.24) is 0 Å². The molecule has 0 aliphatic heterocycles. The Morgan fingerprint density at radius 3 is 1.97 bits per heavy atom. The lowest BCUT2D eigenvalue weighted by Crippen LogP contribution is -2.31. The Morgan fingerprint density at radius 1 is 0.846 bits per heavy atom. The average Bonchev–Trinajstić information content (AvgIpc) is 2.87. The van der Waals surface area contributed by atoms with E-state index in [9.17, 15) is 24.9 Å². The van der Waals surface area contributed by atoms with Crippen LogP contribution in [0.2, 0.25) is 0 Å². The molecule has 0 aromatic heterocycles. The molecule has 0 spiro atoms. The van der Waals surface area contributed by atoms with E-state index in [0.717, 1.165) is 0 Å². The number of methoxy groups -OCH3 is 4. The van der Waals surface area contributed by atoms with Crippen molar-refractivity contribution in [3.8, 4) is 34.5 Å². The van der Waals surface area contributed by atoms with Crippen molar-refractivity contribution < 1.29 is 53.7 Å². The monoisotopic (exact) mass is 546 g/mol. The highest BCUT2D eigenvalue weighted by atomic mass is 16.5. The maximum absolute atomic E-state index is 12.0. The van der Waals surface area contributed by atoms with Gasteiger partial charge in [-0.05, 0) is 48.7 Å². The number of carboxylic acid groups (broad SMARTS) is 1. The zero-order valence-electron chi connectivity index (χ0n) is 22.5. The summed E-state index contributed by atoms with van der Waals surface area (Å²) in [5, 5.41) is 39.6. The largest absolute Gasteiger partial charge is 0.502 e. The van der Waals surface area contributed by atoms with E-state index in [1.54, 1.807) is 36.4 Å². The first-order valence-electron chi connectivity index (χ1n) is 11.8. The Bertz CT molecular complexity index is 1200. The van der Waals surface area contributed by atoms with Crippen LogP contribution < -0.4 is 18.9 Å². The van der Waals surface area contributed by atoms with E-state index in [4.69, 9.17) is 28.8 Å². The van der Waals surface area contributed by atoms with Crippen LogP contribution >= 0.6 is 0 Å². The van der Waals surface area contributed by atoms with Crippen LogP contribution in [0.3, 0.4) is 0 Å². The van der Waals surface area contributed by atoms with Crippen LogP contribution in [-0.2, 0) is 20.7 Å². The molecule has 39 heavy (non-hydrogen) atoms. The summed E-state index contributed by atoms with van der Waals surface area (Å²) in [5.74, 6) is -1.41. The van der Waals surface area contributed by atoms with E-state index in [1.165, 1.54) is 35.4 Å². The van der Waals surface area contributed by atoms with Crippen molar-refractivity contribution >= 4 is 24.1 Å². The Kier molecular flexibility index (Phi) is 11.0. The summed E-state index contributed by atoms with van der Waals surface area (Å²) in [6, 6.07) is 4.88. The third-order valence-corrected chi connectivity index (χ3v) is 5.61. The van der Waals surface area contributed by atoms with Crippen LogP contribution in [0.4, 0.5) is 0 Å². The normalized spacial score (nSPS) is 12.8. The van der Waals surface area contributed by atoms with Gasteiger partial charge in [0.15, 0.2) is 23.0 Å². The van der Waals surface area contributed by atoms with Crippen molar-refractivity contribution in [3.63, 3.8) is 0 Å². The van der Waals surface area contributed by atoms with Crippen molar-refractivity contribution in [2.24, 2.45) is 0 Å². The van der Waals surface area contributed by atoms with Gasteiger partial charge in [0.2, 0.25) is 11.5 Å². The quantitative estimate of drug-likeness (QED) is 0.256. The number of carbonyl (C=O) groups is 2. The van der Waals surface area contributed by atoms with Crippen LogP contribution in [0.1, 0.15) is 36.5 Å². The van der Waals surface area contributed by atoms with Gasteiger partial charge in [0, 0.05) is 5.56 Å². The van der Waals surface area contributed by atoms with Gasteiger partial charge < -0.3 is 44.1 Å². The Labute approximate surface area is 226 Å². The molecular formula is C28H34O11. The van der Waals surface area contributed by atoms with Gasteiger partial charge in [0.25, 0.3) is 0 Å². The number of aliphatic carboxylic acids is 1. The van der Waals surface area contributed by atoms with E-state index in [2.05, 4.69) is 0 Å². The van der Waals surface area contributed by atoms with Crippen molar-refractivity contribution in [1.29, 1.82) is 0 Å². The number of carboxylic acids is 1. The minimum absolute atomic E-state index is 0.113. The average molecular weight is 547 g/mol. The predicted molar refractivity (Wildman–Crippen MR) is 143 cm³/mol. The molecule has 0 saturated heterocycles. The van der Waals surface area contributed by atoms with Crippen molar-refractivity contribution in [3.05, 3.63) is 47.0 Å². The standard InChI is InChI=1S/C28H34O11/c1-28(34,15-23(29)30)16-24(31)39-11-7-9-18-14-22(37-4)26(33)27(38-5)19(18)10-6-8-17-12-20(35-2)25(32)21(13-17)36-3/h6-9,12-14,32-34H,10-11,15-16H2,1-5H3,(H,29,30). The molecule has 11 heteroatoms. The number of phenols is 2. The highest BCUT2D eigenvalue weighted by Gasteiger charge is 2.28. The van der Waals surface area contributed by atoms with Gasteiger partial charge in [-0.1, -0.05) is 18.2 Å². The summed E-state index contributed by atoms with van der Waals surface area (Å²) in [6.07, 6.45) is 6.05. The Hall–Kier alpha value is -4.38. The topological polar surface area (TPSA) is 161 Å². The number of aromatic hydroxyl groups is 2. The van der Waals surface area contributed by atoms with Crippen LogP contribution in [0, 0.1) is 0 Å². The SMILES string of the molecule is COc1cc(C=CCc2c(C=CCOC(=O)CC(C)(O)CC(=O)O)cc(OC)c(O)c2OC)cc(OC)c1O. The summed E-state index contributed by atoms with van der Waals surface area (Å²) in [6.45, 7) is 1.10. The minimum Gasteiger partial charge on any atom is -0.502 e. The second-order valence-corrected chi connectivity index (χ2v) is 8.74. The fraction of sp³-hybridized carbons (Fsp3) is 0.357. The van der Waals surface area contributed by atoms with Crippen LogP contribution in [0.5, 0.6) is 34.5 Å². The fourth-order valence-corrected chi connectivity index (χ4v) is 3.81. The molecule has 2 rings (SSSR count). The highest BCUT2D eigenvalue weighted by molar-refractivity contribution is 5.74. The summed E-state index contributed by atoms with van der Waals surface area (Å²) in [5.41, 5.74) is 0.189. The number of aliphatic hydroxyl groups is 1. The molecular weight excluding hydrogens is 512 g/mol. The molecule has 0 amide bonds. The van der Waals surface area contributed by atoms with E-state index in [0.29, 0.717) is 23.1 Å². The van der Waals surface area contributed by atoms with Gasteiger partial charge in [0.05, 0.1) is 46.9 Å². The van der Waals surface area contributed by atoms with Gasteiger partial charge in [-0.3, -0.25) is 9.59 Å². The number of benzene rings is 2. The first kappa shape index (κ1) is 30.8. The maximum Gasteiger partial charge on any atom is 0.309 e. The lowest BCUT2D eigenvalue weighted by Gasteiger charge is -2.19. The number of allylic oxidation sites excluding steroid dienone is 1. The van der Waals surface area contributed by atoms with Gasteiger partial charge in [-0.25, -0.2) is 0 Å². The number of carbonyl (C=O) groups excluding carboxylic acids is 1. The summed E-state index contributed by atoms with van der Waals surface area (Å²) >= 11 is 0. The first-order chi connectivity index (χ1) is 18.5. The molecule has 11 nitrogen and oxygen atoms in total. The Balaban J connectivity index is 2.27. The van der Waals surface area contributed by atoms with Gasteiger partial charge in [-0.15, -0.1) is 0 Å². The number of esters is 1. The predicted octanol–water partition coefficient (Wildman–Crippen LogP) is 3.56. The van der Waals surface area contributed by atoms with E-state index < -0.39 is 30.4 Å². The number of phenolic OH excluding ortho intramolecular Hbond substituents is 2. The maximum atomic E-state index is 12.0. The number of hydrogen-bond donors (Lipinski definition) is 4. The van der Waals surface area contributed by atoms with Gasteiger partial charge in [0.1, 0.15) is 6.61 Å². The lowest BCUT2D eigenvalue weighted by molar-refractivity contribution is -0.150. The van der Waals surface area contributed by atoms with Gasteiger partial charge >= 0.3 is 11.9 Å². The molecule has 4 N–H and O–H groups in total. The van der Waals surface area contributed by atoms with E-state index in [-0.39, 0.29) is 41.1 Å². The zero-order chi connectivity index (χ0) is 29.2. The molecule has 0 radical (unpaired) electrons. The molecule has 0 saturated carbocycles. The van der Waals surface area contributed by atoms with Gasteiger partial charge in [-0.2, -0.15) is 0 Å². The van der Waals surface area contributed by atoms with Crippen LogP contribution in [-0.4, -0.2) is 73.0 Å². The Morgan fingerprint density at radius 2 is 1.44 bits per heavy atom. The molecule has 1 atom stereocenters. The number of ether oxygens (including phenoxy) is 5. The molecule has 0 heterocycles.